The first-order valence-electron chi connectivity index (χ1n) is 11.4. The predicted molar refractivity (Wildman–Crippen MR) is 129 cm³/mol. The number of hydrogen-bond donors (Lipinski definition) is 2. The molecule has 36 heavy (non-hydrogen) atoms. The van der Waals surface area contributed by atoms with Crippen molar-refractivity contribution >= 4 is 11.9 Å². The normalized spacial score (nSPS) is 15.2. The number of hydrogen-bond acceptors (Lipinski definition) is 6. The first kappa shape index (κ1) is 23.1. The third kappa shape index (κ3) is 4.04. The van der Waals surface area contributed by atoms with E-state index < -0.39 is 34.7 Å². The van der Waals surface area contributed by atoms with E-state index in [0.717, 1.165) is 11.1 Å². The molecule has 5 rings (SSSR count). The lowest BCUT2D eigenvalue weighted by atomic mass is 9.83. The maximum atomic E-state index is 13.5. The number of pyridine rings is 1. The van der Waals surface area contributed by atoms with Gasteiger partial charge in [-0.2, -0.15) is 0 Å². The number of aryl methyl sites for hydroxylation is 1. The quantitative estimate of drug-likeness (QED) is 0.428. The zero-order valence-corrected chi connectivity index (χ0v) is 19.4. The van der Waals surface area contributed by atoms with Crippen LogP contribution in [0.15, 0.2) is 82.2 Å². The van der Waals surface area contributed by atoms with Crippen LogP contribution in [0.25, 0.3) is 0 Å². The summed E-state index contributed by atoms with van der Waals surface area (Å²) >= 11 is 0. The number of carboxylic acids is 1. The third-order valence-corrected chi connectivity index (χ3v) is 6.43. The summed E-state index contributed by atoms with van der Waals surface area (Å²) in [7, 11) is 0. The van der Waals surface area contributed by atoms with Crippen LogP contribution >= 0.6 is 0 Å². The van der Waals surface area contributed by atoms with Crippen molar-refractivity contribution in [1.29, 1.82) is 0 Å². The van der Waals surface area contributed by atoms with Crippen molar-refractivity contribution in [2.24, 2.45) is 0 Å². The number of aromatic hydroxyl groups is 1. The Morgan fingerprint density at radius 3 is 2.22 bits per heavy atom. The fourth-order valence-corrected chi connectivity index (χ4v) is 4.84. The Labute approximate surface area is 205 Å². The molecule has 1 aliphatic rings. The average molecular weight is 485 g/mol. The predicted octanol–water partition coefficient (Wildman–Crippen LogP) is 3.58. The average Bonchev–Trinajstić information content (AvgIpc) is 3.29. The molecule has 1 aliphatic heterocycles. The number of carbonyl (C=O) groups is 2. The number of benzene rings is 2. The zero-order chi connectivity index (χ0) is 25.4. The van der Waals surface area contributed by atoms with Crippen molar-refractivity contribution in [3.8, 4) is 5.75 Å². The second kappa shape index (κ2) is 9.18. The van der Waals surface area contributed by atoms with Gasteiger partial charge < -0.3 is 24.2 Å². The van der Waals surface area contributed by atoms with E-state index in [1.165, 1.54) is 15.7 Å². The Bertz CT molecular complexity index is 1450. The molecule has 3 heterocycles. The van der Waals surface area contributed by atoms with Crippen LogP contribution in [-0.2, 0) is 6.54 Å². The molecule has 9 heteroatoms. The van der Waals surface area contributed by atoms with Gasteiger partial charge in [0.05, 0.1) is 12.6 Å². The van der Waals surface area contributed by atoms with Crippen LogP contribution < -0.4 is 5.43 Å². The SMILES string of the molecule is Cc1cc(CN2C[C@H](C(c3ccccc3)c3ccccc3)n3cc(C(=O)O)c(=O)c(O)c3C2=O)no1. The number of aromatic nitrogens is 2. The van der Waals surface area contributed by atoms with Crippen molar-refractivity contribution in [3.05, 3.63) is 117 Å². The van der Waals surface area contributed by atoms with Gasteiger partial charge in [-0.1, -0.05) is 65.8 Å². The molecule has 182 valence electrons. The van der Waals surface area contributed by atoms with Gasteiger partial charge in [0.15, 0.2) is 11.4 Å². The molecule has 0 saturated heterocycles. The Hall–Kier alpha value is -4.66. The van der Waals surface area contributed by atoms with Gasteiger partial charge in [0, 0.05) is 24.7 Å². The highest BCUT2D eigenvalue weighted by Crippen LogP contribution is 2.40. The number of carboxylic acid groups (broad SMARTS) is 1. The molecular formula is C27H23N3O6. The van der Waals surface area contributed by atoms with Gasteiger partial charge >= 0.3 is 5.97 Å². The maximum absolute atomic E-state index is 13.5. The molecule has 0 unspecified atom stereocenters. The van der Waals surface area contributed by atoms with Gasteiger partial charge in [-0.15, -0.1) is 0 Å². The van der Waals surface area contributed by atoms with Gasteiger partial charge in [0.2, 0.25) is 5.43 Å². The third-order valence-electron chi connectivity index (χ3n) is 6.43. The summed E-state index contributed by atoms with van der Waals surface area (Å²) in [5.41, 5.74) is 0.430. The lowest BCUT2D eigenvalue weighted by molar-refractivity contribution is 0.0620. The summed E-state index contributed by atoms with van der Waals surface area (Å²) in [6.45, 7) is 2.01. The first-order chi connectivity index (χ1) is 17.3. The maximum Gasteiger partial charge on any atom is 0.341 e. The van der Waals surface area contributed by atoms with E-state index in [0.29, 0.717) is 11.5 Å². The highest BCUT2D eigenvalue weighted by molar-refractivity contribution is 5.97. The van der Waals surface area contributed by atoms with Crippen LogP contribution in [0.4, 0.5) is 0 Å². The second-order valence-corrected chi connectivity index (χ2v) is 8.76. The standard InChI is InChI=1S/C27H23N3O6/c1-16-12-19(28-36-16)13-29-15-21(22(17-8-4-2-5-9-17)18-10-6-3-7-11-18)30-14-20(27(34)35)24(31)25(32)23(30)26(29)33/h2-12,14,21-22,32H,13,15H2,1H3,(H,34,35)/t21-/m1/s1. The molecule has 0 radical (unpaired) electrons. The molecule has 1 amide bonds. The van der Waals surface area contributed by atoms with Crippen molar-refractivity contribution in [1.82, 2.24) is 14.6 Å². The van der Waals surface area contributed by atoms with E-state index in [1.54, 1.807) is 13.0 Å². The summed E-state index contributed by atoms with van der Waals surface area (Å²) in [4.78, 5) is 39.5. The Morgan fingerprint density at radius 1 is 1.08 bits per heavy atom. The molecule has 0 fully saturated rings. The van der Waals surface area contributed by atoms with Crippen molar-refractivity contribution in [3.63, 3.8) is 0 Å². The first-order valence-corrected chi connectivity index (χ1v) is 11.4. The van der Waals surface area contributed by atoms with Gasteiger partial charge in [0.1, 0.15) is 17.0 Å². The molecule has 0 spiro atoms. The lowest BCUT2D eigenvalue weighted by Crippen LogP contribution is -2.46. The molecule has 0 aliphatic carbocycles. The number of amides is 1. The van der Waals surface area contributed by atoms with Crippen LogP contribution in [0.2, 0.25) is 0 Å². The van der Waals surface area contributed by atoms with E-state index in [9.17, 15) is 24.6 Å². The lowest BCUT2D eigenvalue weighted by Gasteiger charge is -2.40. The molecule has 2 N–H and O–H groups in total. The molecule has 4 aromatic rings. The van der Waals surface area contributed by atoms with Gasteiger partial charge in [-0.3, -0.25) is 9.59 Å². The van der Waals surface area contributed by atoms with Crippen molar-refractivity contribution in [2.45, 2.75) is 25.4 Å². The number of nitrogens with zero attached hydrogens (tertiary/aromatic N) is 3. The summed E-state index contributed by atoms with van der Waals surface area (Å²) in [5, 5.41) is 24.4. The van der Waals surface area contributed by atoms with E-state index in [4.69, 9.17) is 4.52 Å². The summed E-state index contributed by atoms with van der Waals surface area (Å²) in [5.74, 6) is -2.70. The van der Waals surface area contributed by atoms with E-state index in [-0.39, 0.29) is 24.7 Å². The van der Waals surface area contributed by atoms with Crippen LogP contribution in [-0.4, -0.2) is 43.3 Å². The Morgan fingerprint density at radius 2 is 1.69 bits per heavy atom. The zero-order valence-electron chi connectivity index (χ0n) is 19.4. The van der Waals surface area contributed by atoms with Crippen molar-refractivity contribution in [2.75, 3.05) is 6.54 Å². The summed E-state index contributed by atoms with van der Waals surface area (Å²) < 4.78 is 6.59. The van der Waals surface area contributed by atoms with Gasteiger partial charge in [-0.05, 0) is 18.1 Å². The fraction of sp³-hybridized carbons (Fsp3) is 0.185. The van der Waals surface area contributed by atoms with Gasteiger partial charge in [0.25, 0.3) is 5.91 Å². The topological polar surface area (TPSA) is 126 Å². The number of rotatable bonds is 6. The molecule has 2 aromatic carbocycles. The number of carbonyl (C=O) groups excluding carboxylic acids is 1. The highest BCUT2D eigenvalue weighted by Gasteiger charge is 2.40. The minimum atomic E-state index is -1.48. The van der Waals surface area contributed by atoms with Crippen LogP contribution in [0.3, 0.4) is 0 Å². The van der Waals surface area contributed by atoms with Crippen LogP contribution in [0.5, 0.6) is 5.75 Å². The van der Waals surface area contributed by atoms with Crippen LogP contribution in [0.1, 0.15) is 55.4 Å². The smallest absolute Gasteiger partial charge is 0.341 e. The number of aromatic carboxylic acids is 1. The minimum absolute atomic E-state index is 0.0945. The van der Waals surface area contributed by atoms with Gasteiger partial charge in [-0.25, -0.2) is 4.79 Å². The minimum Gasteiger partial charge on any atom is -0.503 e. The Balaban J connectivity index is 1.73. The molecular weight excluding hydrogens is 462 g/mol. The van der Waals surface area contributed by atoms with E-state index in [2.05, 4.69) is 5.16 Å². The molecule has 1 atom stereocenters. The number of fused-ring (bicyclic) bond motifs is 1. The summed E-state index contributed by atoms with van der Waals surface area (Å²) in [6.07, 6.45) is 1.17. The molecule has 0 saturated carbocycles. The Kier molecular flexibility index (Phi) is 5.89. The highest BCUT2D eigenvalue weighted by atomic mass is 16.5. The fourth-order valence-electron chi connectivity index (χ4n) is 4.84. The van der Waals surface area contributed by atoms with Crippen LogP contribution in [0, 0.1) is 6.92 Å². The van der Waals surface area contributed by atoms with Crippen molar-refractivity contribution < 1.29 is 24.3 Å². The monoisotopic (exact) mass is 485 g/mol. The second-order valence-electron chi connectivity index (χ2n) is 8.76. The summed E-state index contributed by atoms with van der Waals surface area (Å²) in [6, 6.07) is 20.4. The molecule has 2 aromatic heterocycles. The van der Waals surface area contributed by atoms with E-state index >= 15 is 0 Å². The molecule has 9 nitrogen and oxygen atoms in total. The molecule has 0 bridgehead atoms. The largest absolute Gasteiger partial charge is 0.503 e. The van der Waals surface area contributed by atoms with E-state index in [1.807, 2.05) is 60.7 Å².